The van der Waals surface area contributed by atoms with Gasteiger partial charge in [0, 0.05) is 42.4 Å². The van der Waals surface area contributed by atoms with Gasteiger partial charge < -0.3 is 20.5 Å². The second kappa shape index (κ2) is 9.52. The fourth-order valence-corrected chi connectivity index (χ4v) is 4.81. The molecule has 2 aromatic heterocycles. The standard InChI is InChI=1S/C23H27N5O3S/c1-27(23(31)15-5-3-2-4-6-15)17-8-7-16-11-21(26-22(30)18-13-32-14-25-18)28(19(16)12-17)10-9-20(24)29/h7-8,11-15H,2-6,9-10H2,1H3,(H2,24,29)(H,26,30). The lowest BCUT2D eigenvalue weighted by atomic mass is 9.88. The maximum atomic E-state index is 13.0. The molecular formula is C23H27N5O3S. The molecule has 8 nitrogen and oxygen atoms in total. The normalized spacial score (nSPS) is 14.4. The van der Waals surface area contributed by atoms with Crippen molar-refractivity contribution in [1.29, 1.82) is 0 Å². The molecule has 1 saturated carbocycles. The number of aryl methyl sites for hydroxylation is 1. The largest absolute Gasteiger partial charge is 0.370 e. The molecule has 2 heterocycles. The molecule has 0 radical (unpaired) electrons. The Labute approximate surface area is 190 Å². The van der Waals surface area contributed by atoms with Gasteiger partial charge in [-0.05, 0) is 31.0 Å². The van der Waals surface area contributed by atoms with Gasteiger partial charge in [0.2, 0.25) is 11.8 Å². The van der Waals surface area contributed by atoms with Crippen molar-refractivity contribution in [3.63, 3.8) is 0 Å². The number of carbonyl (C=O) groups excluding carboxylic acids is 3. The number of anilines is 2. The first-order valence-corrected chi connectivity index (χ1v) is 11.8. The number of nitrogens with zero attached hydrogens (tertiary/aromatic N) is 3. The summed E-state index contributed by atoms with van der Waals surface area (Å²) in [7, 11) is 1.81. The molecule has 168 valence electrons. The Balaban J connectivity index is 1.65. The van der Waals surface area contributed by atoms with Gasteiger partial charge in [-0.15, -0.1) is 11.3 Å². The minimum atomic E-state index is -0.427. The lowest BCUT2D eigenvalue weighted by Gasteiger charge is -2.26. The van der Waals surface area contributed by atoms with Crippen molar-refractivity contribution in [3.8, 4) is 0 Å². The van der Waals surface area contributed by atoms with Gasteiger partial charge in [-0.1, -0.05) is 25.3 Å². The number of nitrogens with one attached hydrogen (secondary N) is 1. The lowest BCUT2D eigenvalue weighted by Crippen LogP contribution is -2.33. The highest BCUT2D eigenvalue weighted by Crippen LogP contribution is 2.31. The van der Waals surface area contributed by atoms with Crippen LogP contribution in [0.1, 0.15) is 49.0 Å². The van der Waals surface area contributed by atoms with E-state index in [1.54, 1.807) is 22.8 Å². The van der Waals surface area contributed by atoms with Gasteiger partial charge in [0.05, 0.1) is 11.0 Å². The molecule has 3 amide bonds. The summed E-state index contributed by atoms with van der Waals surface area (Å²) in [6, 6.07) is 7.62. The zero-order valence-electron chi connectivity index (χ0n) is 18.0. The molecule has 1 fully saturated rings. The first-order chi connectivity index (χ1) is 15.4. The van der Waals surface area contributed by atoms with E-state index in [9.17, 15) is 14.4 Å². The highest BCUT2D eigenvalue weighted by atomic mass is 32.1. The molecule has 0 aliphatic heterocycles. The van der Waals surface area contributed by atoms with Gasteiger partial charge in [0.1, 0.15) is 11.5 Å². The number of aromatic nitrogens is 2. The van der Waals surface area contributed by atoms with Crippen LogP contribution < -0.4 is 16.0 Å². The molecule has 9 heteroatoms. The van der Waals surface area contributed by atoms with E-state index in [2.05, 4.69) is 10.3 Å². The minimum Gasteiger partial charge on any atom is -0.370 e. The van der Waals surface area contributed by atoms with Crippen LogP contribution in [0.25, 0.3) is 10.9 Å². The molecule has 0 bridgehead atoms. The summed E-state index contributed by atoms with van der Waals surface area (Å²) in [6.07, 6.45) is 5.40. The van der Waals surface area contributed by atoms with Crippen molar-refractivity contribution >= 4 is 51.5 Å². The third-order valence-corrected chi connectivity index (χ3v) is 6.63. The number of thiazole rings is 1. The highest BCUT2D eigenvalue weighted by molar-refractivity contribution is 7.07. The van der Waals surface area contributed by atoms with Crippen LogP contribution in [0.2, 0.25) is 0 Å². The second-order valence-electron chi connectivity index (χ2n) is 8.20. The Kier molecular flexibility index (Phi) is 6.55. The summed E-state index contributed by atoms with van der Waals surface area (Å²) in [5.74, 6) is 0.0108. The Morgan fingerprint density at radius 1 is 1.22 bits per heavy atom. The van der Waals surface area contributed by atoms with Gasteiger partial charge in [-0.3, -0.25) is 14.4 Å². The monoisotopic (exact) mass is 453 g/mol. The number of amides is 3. The fourth-order valence-electron chi connectivity index (χ4n) is 4.27. The van der Waals surface area contributed by atoms with Crippen molar-refractivity contribution in [2.45, 2.75) is 45.1 Å². The van der Waals surface area contributed by atoms with E-state index in [1.807, 2.05) is 28.8 Å². The molecule has 4 rings (SSSR count). The number of fused-ring (bicyclic) bond motifs is 1. The Bertz CT molecular complexity index is 1130. The number of hydrogen-bond acceptors (Lipinski definition) is 5. The zero-order chi connectivity index (χ0) is 22.7. The van der Waals surface area contributed by atoms with E-state index in [0.29, 0.717) is 18.1 Å². The van der Waals surface area contributed by atoms with Crippen LogP contribution in [0.5, 0.6) is 0 Å². The Hall–Kier alpha value is -3.20. The number of benzene rings is 1. The molecule has 1 aromatic carbocycles. The zero-order valence-corrected chi connectivity index (χ0v) is 18.9. The summed E-state index contributed by atoms with van der Waals surface area (Å²) in [5, 5.41) is 5.45. The molecule has 1 aliphatic rings. The van der Waals surface area contributed by atoms with Crippen LogP contribution in [0.4, 0.5) is 11.5 Å². The van der Waals surface area contributed by atoms with Gasteiger partial charge in [0.25, 0.3) is 5.91 Å². The minimum absolute atomic E-state index is 0.0686. The average molecular weight is 454 g/mol. The molecule has 0 atom stereocenters. The number of rotatable bonds is 7. The van der Waals surface area contributed by atoms with Gasteiger partial charge in [0.15, 0.2) is 0 Å². The first-order valence-electron chi connectivity index (χ1n) is 10.8. The van der Waals surface area contributed by atoms with E-state index >= 15 is 0 Å². The maximum Gasteiger partial charge on any atom is 0.276 e. The van der Waals surface area contributed by atoms with Gasteiger partial charge in [-0.2, -0.15) is 0 Å². The van der Waals surface area contributed by atoms with E-state index in [4.69, 9.17) is 5.73 Å². The highest BCUT2D eigenvalue weighted by Gasteiger charge is 2.25. The van der Waals surface area contributed by atoms with E-state index in [0.717, 1.165) is 42.3 Å². The molecule has 3 N–H and O–H groups in total. The van der Waals surface area contributed by atoms with Crippen molar-refractivity contribution < 1.29 is 14.4 Å². The van der Waals surface area contributed by atoms with Crippen LogP contribution >= 0.6 is 11.3 Å². The summed E-state index contributed by atoms with van der Waals surface area (Å²) in [6.45, 7) is 0.315. The van der Waals surface area contributed by atoms with Crippen molar-refractivity contribution in [2.24, 2.45) is 11.7 Å². The van der Waals surface area contributed by atoms with Crippen LogP contribution in [0.3, 0.4) is 0 Å². The molecule has 1 aliphatic carbocycles. The SMILES string of the molecule is CN(C(=O)C1CCCCC1)c1ccc2cc(NC(=O)c3cscn3)n(CCC(N)=O)c2c1. The topological polar surface area (TPSA) is 110 Å². The quantitative estimate of drug-likeness (QED) is 0.567. The number of nitrogens with two attached hydrogens (primary N) is 1. The fraction of sp³-hybridized carbons (Fsp3) is 0.391. The van der Waals surface area contributed by atoms with E-state index in [1.165, 1.54) is 17.8 Å². The smallest absolute Gasteiger partial charge is 0.276 e. The third-order valence-electron chi connectivity index (χ3n) is 6.05. The predicted molar refractivity (Wildman–Crippen MR) is 126 cm³/mol. The molecule has 0 spiro atoms. The molecule has 3 aromatic rings. The number of primary amides is 1. The molecular weight excluding hydrogens is 426 g/mol. The van der Waals surface area contributed by atoms with Gasteiger partial charge in [-0.25, -0.2) is 4.98 Å². The van der Waals surface area contributed by atoms with Crippen LogP contribution in [0, 0.1) is 5.92 Å². The third kappa shape index (κ3) is 4.67. The molecule has 0 unspecified atom stereocenters. The lowest BCUT2D eigenvalue weighted by molar-refractivity contribution is -0.123. The predicted octanol–water partition coefficient (Wildman–Crippen LogP) is 3.77. The number of hydrogen-bond donors (Lipinski definition) is 2. The van der Waals surface area contributed by atoms with Crippen molar-refractivity contribution in [1.82, 2.24) is 9.55 Å². The van der Waals surface area contributed by atoms with Gasteiger partial charge >= 0.3 is 0 Å². The second-order valence-corrected chi connectivity index (χ2v) is 8.92. The number of carbonyl (C=O) groups is 3. The summed E-state index contributed by atoms with van der Waals surface area (Å²) in [4.78, 5) is 42.8. The summed E-state index contributed by atoms with van der Waals surface area (Å²) >= 11 is 1.34. The first kappa shape index (κ1) is 22.0. The van der Waals surface area contributed by atoms with Crippen LogP contribution in [0.15, 0.2) is 35.2 Å². The maximum absolute atomic E-state index is 13.0. The van der Waals surface area contributed by atoms with E-state index < -0.39 is 5.91 Å². The van der Waals surface area contributed by atoms with Crippen molar-refractivity contribution in [3.05, 3.63) is 40.8 Å². The Morgan fingerprint density at radius 3 is 2.69 bits per heavy atom. The van der Waals surface area contributed by atoms with Crippen molar-refractivity contribution in [2.75, 3.05) is 17.3 Å². The van der Waals surface area contributed by atoms with Crippen LogP contribution in [-0.2, 0) is 16.1 Å². The summed E-state index contributed by atoms with van der Waals surface area (Å²) in [5.41, 5.74) is 8.92. The Morgan fingerprint density at radius 2 is 2.00 bits per heavy atom. The molecule has 0 saturated heterocycles. The molecule has 32 heavy (non-hydrogen) atoms. The summed E-state index contributed by atoms with van der Waals surface area (Å²) < 4.78 is 1.85. The van der Waals surface area contributed by atoms with E-state index in [-0.39, 0.29) is 24.2 Å². The average Bonchev–Trinajstić information content (AvgIpc) is 3.45. The van der Waals surface area contributed by atoms with Crippen LogP contribution in [-0.4, -0.2) is 34.3 Å².